The summed E-state index contributed by atoms with van der Waals surface area (Å²) in [7, 11) is 0. The van der Waals surface area contributed by atoms with Crippen LogP contribution in [-0.2, 0) is 17.8 Å². The third-order valence-electron chi connectivity index (χ3n) is 5.43. The van der Waals surface area contributed by atoms with E-state index in [4.69, 9.17) is 0 Å². The molecule has 6 nitrogen and oxygen atoms in total. The number of unbranched alkanes of at least 4 members (excludes halogenated alkanes) is 2. The van der Waals surface area contributed by atoms with Crippen molar-refractivity contribution in [3.8, 4) is 0 Å². The molecule has 1 aliphatic heterocycles. The first-order chi connectivity index (χ1) is 15.6. The van der Waals surface area contributed by atoms with Crippen molar-refractivity contribution in [1.82, 2.24) is 15.2 Å². The summed E-state index contributed by atoms with van der Waals surface area (Å²) in [6, 6.07) is 17.1. The Morgan fingerprint density at radius 1 is 0.906 bits per heavy atom. The van der Waals surface area contributed by atoms with E-state index in [0.717, 1.165) is 23.5 Å². The van der Waals surface area contributed by atoms with Gasteiger partial charge >= 0.3 is 0 Å². The molecule has 164 valence electrons. The number of nitrogens with one attached hydrogen (secondary N) is 1. The van der Waals surface area contributed by atoms with Crippen molar-refractivity contribution >= 4 is 29.1 Å². The van der Waals surface area contributed by atoms with Gasteiger partial charge in [0, 0.05) is 24.8 Å². The Hall–Kier alpha value is -3.32. The Morgan fingerprint density at radius 2 is 1.59 bits per heavy atom. The lowest BCUT2D eigenvalue weighted by Crippen LogP contribution is -2.30. The van der Waals surface area contributed by atoms with Crippen molar-refractivity contribution in [3.05, 3.63) is 87.4 Å². The highest BCUT2D eigenvalue weighted by atomic mass is 32.1. The zero-order valence-corrected chi connectivity index (χ0v) is 18.6. The molecule has 1 N–H and O–H groups in total. The number of benzene rings is 2. The average molecular weight is 448 g/mol. The van der Waals surface area contributed by atoms with Crippen LogP contribution in [0.1, 0.15) is 62.7 Å². The number of hydrogen-bond acceptors (Lipinski definition) is 5. The summed E-state index contributed by atoms with van der Waals surface area (Å²) in [5.74, 6) is -0.459. The topological polar surface area (TPSA) is 79.4 Å². The first kappa shape index (κ1) is 21.9. The monoisotopic (exact) mass is 447 g/mol. The minimum atomic E-state index is -0.224. The summed E-state index contributed by atoms with van der Waals surface area (Å²) in [5.41, 5.74) is 3.05. The molecule has 0 fully saturated rings. The van der Waals surface area contributed by atoms with E-state index >= 15 is 0 Å². The minimum Gasteiger partial charge on any atom is -0.350 e. The Bertz CT molecular complexity index is 1080. The number of carbonyl (C=O) groups excluding carboxylic acids is 3. The fourth-order valence-corrected chi connectivity index (χ4v) is 4.56. The number of imide groups is 1. The molecule has 7 heteroatoms. The molecule has 0 radical (unpaired) electrons. The van der Waals surface area contributed by atoms with E-state index in [1.807, 2.05) is 23.6 Å². The maximum Gasteiger partial charge on any atom is 0.261 e. The van der Waals surface area contributed by atoms with Gasteiger partial charge in [-0.15, -0.1) is 11.3 Å². The van der Waals surface area contributed by atoms with Gasteiger partial charge in [-0.05, 0) is 30.5 Å². The molecular formula is C25H25N3O3S. The first-order valence-electron chi connectivity index (χ1n) is 10.8. The van der Waals surface area contributed by atoms with Gasteiger partial charge < -0.3 is 5.32 Å². The van der Waals surface area contributed by atoms with E-state index in [0.29, 0.717) is 43.5 Å². The molecule has 3 aromatic rings. The molecule has 0 atom stereocenters. The number of hydrogen-bond donors (Lipinski definition) is 1. The van der Waals surface area contributed by atoms with Crippen LogP contribution in [0.15, 0.2) is 60.0 Å². The first-order valence-corrected chi connectivity index (χ1v) is 11.7. The molecule has 0 unspecified atom stereocenters. The van der Waals surface area contributed by atoms with Gasteiger partial charge in [0.1, 0.15) is 0 Å². The van der Waals surface area contributed by atoms with Crippen molar-refractivity contribution in [3.63, 3.8) is 0 Å². The quantitative estimate of drug-likeness (QED) is 0.373. The van der Waals surface area contributed by atoms with Gasteiger partial charge in [-0.25, -0.2) is 4.98 Å². The highest BCUT2D eigenvalue weighted by Gasteiger charge is 2.34. The second kappa shape index (κ2) is 10.3. The summed E-state index contributed by atoms with van der Waals surface area (Å²) in [5, 5.41) is 5.94. The van der Waals surface area contributed by atoms with Crippen LogP contribution in [0, 0.1) is 0 Å². The molecule has 0 bridgehead atoms. The number of carbonyl (C=O) groups is 3. The normalized spacial score (nSPS) is 12.8. The number of amides is 3. The molecule has 2 aromatic carbocycles. The maximum atomic E-state index is 12.3. The van der Waals surface area contributed by atoms with Crippen LogP contribution in [0.3, 0.4) is 0 Å². The van der Waals surface area contributed by atoms with Crippen LogP contribution < -0.4 is 5.32 Å². The van der Waals surface area contributed by atoms with Crippen LogP contribution in [0.2, 0.25) is 0 Å². The molecule has 2 heterocycles. The number of thiazole rings is 1. The highest BCUT2D eigenvalue weighted by Crippen LogP contribution is 2.23. The average Bonchev–Trinajstić information content (AvgIpc) is 3.36. The van der Waals surface area contributed by atoms with Crippen molar-refractivity contribution in [2.45, 2.75) is 38.6 Å². The van der Waals surface area contributed by atoms with Crippen LogP contribution in [-0.4, -0.2) is 34.2 Å². The third-order valence-corrected chi connectivity index (χ3v) is 6.33. The number of rotatable bonds is 10. The van der Waals surface area contributed by atoms with Crippen molar-refractivity contribution in [2.75, 3.05) is 6.54 Å². The van der Waals surface area contributed by atoms with Gasteiger partial charge in [-0.1, -0.05) is 48.9 Å². The van der Waals surface area contributed by atoms with Gasteiger partial charge in [0.05, 0.1) is 28.4 Å². The van der Waals surface area contributed by atoms with E-state index in [9.17, 15) is 14.4 Å². The van der Waals surface area contributed by atoms with Crippen molar-refractivity contribution < 1.29 is 14.4 Å². The second-order valence-corrected chi connectivity index (χ2v) is 8.73. The SMILES string of the molecule is O=C(CCCCCN1C(=O)c2ccccc2C1=O)NCc1csc(Cc2ccccc2)n1. The molecule has 0 saturated heterocycles. The lowest BCUT2D eigenvalue weighted by Gasteiger charge is -2.13. The molecule has 1 aromatic heterocycles. The Morgan fingerprint density at radius 3 is 2.31 bits per heavy atom. The van der Waals surface area contributed by atoms with Gasteiger partial charge in [-0.3, -0.25) is 19.3 Å². The minimum absolute atomic E-state index is 0.0108. The van der Waals surface area contributed by atoms with Gasteiger partial charge in [-0.2, -0.15) is 0 Å². The predicted octanol–water partition coefficient (Wildman–Crippen LogP) is 4.21. The number of aromatic nitrogens is 1. The van der Waals surface area contributed by atoms with E-state index in [1.54, 1.807) is 35.6 Å². The molecule has 0 saturated carbocycles. The lowest BCUT2D eigenvalue weighted by molar-refractivity contribution is -0.121. The van der Waals surface area contributed by atoms with Crippen LogP contribution >= 0.6 is 11.3 Å². The molecule has 0 spiro atoms. The van der Waals surface area contributed by atoms with E-state index in [1.165, 1.54) is 10.5 Å². The van der Waals surface area contributed by atoms with E-state index in [2.05, 4.69) is 22.4 Å². The van der Waals surface area contributed by atoms with E-state index < -0.39 is 0 Å². The van der Waals surface area contributed by atoms with E-state index in [-0.39, 0.29) is 17.7 Å². The standard InChI is InChI=1S/C25H25N3O3S/c29-22(26-16-19-17-32-23(27-19)15-18-9-3-1-4-10-18)13-5-2-8-14-28-24(30)20-11-6-7-12-21(20)25(28)31/h1,3-4,6-7,9-12,17H,2,5,8,13-16H2,(H,26,29). The predicted molar refractivity (Wildman–Crippen MR) is 123 cm³/mol. The molecular weight excluding hydrogens is 422 g/mol. The number of nitrogens with zero attached hydrogens (tertiary/aromatic N) is 2. The Kier molecular flexibility index (Phi) is 7.07. The lowest BCUT2D eigenvalue weighted by atomic mass is 10.1. The molecule has 4 rings (SSSR count). The summed E-state index contributed by atoms with van der Waals surface area (Å²) in [6.45, 7) is 0.816. The van der Waals surface area contributed by atoms with Gasteiger partial charge in [0.25, 0.3) is 11.8 Å². The fourth-order valence-electron chi connectivity index (χ4n) is 3.73. The number of fused-ring (bicyclic) bond motifs is 1. The maximum absolute atomic E-state index is 12.3. The van der Waals surface area contributed by atoms with Crippen LogP contribution in [0.5, 0.6) is 0 Å². The molecule has 1 aliphatic rings. The summed E-state index contributed by atoms with van der Waals surface area (Å²) in [4.78, 5) is 42.7. The Labute approximate surface area is 191 Å². The summed E-state index contributed by atoms with van der Waals surface area (Å²) >= 11 is 1.61. The van der Waals surface area contributed by atoms with Crippen LogP contribution in [0.4, 0.5) is 0 Å². The van der Waals surface area contributed by atoms with Gasteiger partial charge in [0.15, 0.2) is 0 Å². The summed E-state index contributed by atoms with van der Waals surface area (Å²) in [6.07, 6.45) is 3.40. The smallest absolute Gasteiger partial charge is 0.261 e. The third kappa shape index (κ3) is 5.29. The Balaban J connectivity index is 1.12. The zero-order valence-electron chi connectivity index (χ0n) is 17.8. The molecule has 0 aliphatic carbocycles. The van der Waals surface area contributed by atoms with Crippen molar-refractivity contribution in [2.24, 2.45) is 0 Å². The summed E-state index contributed by atoms with van der Waals surface area (Å²) < 4.78 is 0. The van der Waals surface area contributed by atoms with Crippen molar-refractivity contribution in [1.29, 1.82) is 0 Å². The molecule has 32 heavy (non-hydrogen) atoms. The fraction of sp³-hybridized carbons (Fsp3) is 0.280. The zero-order chi connectivity index (χ0) is 22.3. The van der Waals surface area contributed by atoms with Gasteiger partial charge in [0.2, 0.25) is 5.91 Å². The highest BCUT2D eigenvalue weighted by molar-refractivity contribution is 7.09. The molecule has 3 amide bonds. The largest absolute Gasteiger partial charge is 0.350 e. The second-order valence-electron chi connectivity index (χ2n) is 7.79. The van der Waals surface area contributed by atoms with Crippen LogP contribution in [0.25, 0.3) is 0 Å².